The molecule has 1 spiro atoms. The second-order valence-electron chi connectivity index (χ2n) is 7.50. The van der Waals surface area contributed by atoms with Gasteiger partial charge in [0.15, 0.2) is 15.6 Å². The molecule has 1 unspecified atom stereocenters. The molecule has 0 radical (unpaired) electrons. The fourth-order valence-electron chi connectivity index (χ4n) is 4.06. The van der Waals surface area contributed by atoms with Crippen molar-refractivity contribution in [3.05, 3.63) is 24.0 Å². The zero-order valence-electron chi connectivity index (χ0n) is 15.5. The van der Waals surface area contributed by atoms with Gasteiger partial charge in [0, 0.05) is 45.2 Å². The van der Waals surface area contributed by atoms with Crippen LogP contribution in [0.1, 0.15) is 29.6 Å². The van der Waals surface area contributed by atoms with Crippen molar-refractivity contribution in [2.75, 3.05) is 49.8 Å². The van der Waals surface area contributed by atoms with Crippen LogP contribution in [0.15, 0.2) is 18.5 Å². The lowest BCUT2D eigenvalue weighted by molar-refractivity contribution is -0.169. The minimum atomic E-state index is -3.03. The van der Waals surface area contributed by atoms with E-state index in [9.17, 15) is 13.2 Å². The van der Waals surface area contributed by atoms with Crippen LogP contribution in [0.25, 0.3) is 0 Å². The number of nitrogens with zero attached hydrogens (tertiary/aromatic N) is 3. The number of pyridine rings is 1. The summed E-state index contributed by atoms with van der Waals surface area (Å²) in [6, 6.07) is 1.57. The van der Waals surface area contributed by atoms with E-state index < -0.39 is 15.6 Å². The first kappa shape index (κ1) is 18.6. The highest BCUT2D eigenvalue weighted by atomic mass is 32.2. The van der Waals surface area contributed by atoms with Gasteiger partial charge in [-0.25, -0.2) is 8.42 Å². The molecule has 148 valence electrons. The fourth-order valence-corrected chi connectivity index (χ4v) is 5.83. The van der Waals surface area contributed by atoms with Crippen molar-refractivity contribution in [3.63, 3.8) is 0 Å². The van der Waals surface area contributed by atoms with E-state index in [0.29, 0.717) is 25.2 Å². The average Bonchev–Trinajstić information content (AvgIpc) is 3.27. The van der Waals surface area contributed by atoms with E-state index in [1.54, 1.807) is 19.4 Å². The molecule has 1 atom stereocenters. The maximum absolute atomic E-state index is 12.8. The standard InChI is InChI=1S/C18H25N3O5S/c1-20(15-2-9-27(23,24)13-15)17(22)14-10-16(12-19-11-14)21-5-3-18(4-6-21)25-7-8-26-18/h10-12,15H,2-9,13H2,1H3. The molecule has 3 aliphatic heterocycles. The SMILES string of the molecule is CN(C(=O)c1cncc(N2CCC3(CC2)OCCO3)c1)C1CCS(=O)(=O)C1. The van der Waals surface area contributed by atoms with Gasteiger partial charge in [0.1, 0.15) is 0 Å². The Morgan fingerprint density at radius 1 is 1.26 bits per heavy atom. The molecule has 3 fully saturated rings. The molecular formula is C18H25N3O5S. The van der Waals surface area contributed by atoms with Crippen LogP contribution in [-0.2, 0) is 19.3 Å². The van der Waals surface area contributed by atoms with Crippen molar-refractivity contribution in [2.45, 2.75) is 31.1 Å². The van der Waals surface area contributed by atoms with Crippen molar-refractivity contribution < 1.29 is 22.7 Å². The van der Waals surface area contributed by atoms with E-state index in [1.807, 2.05) is 6.07 Å². The summed E-state index contributed by atoms with van der Waals surface area (Å²) in [7, 11) is -1.37. The zero-order chi connectivity index (χ0) is 19.1. The zero-order valence-corrected chi connectivity index (χ0v) is 16.3. The number of carbonyl (C=O) groups is 1. The van der Waals surface area contributed by atoms with E-state index in [4.69, 9.17) is 9.47 Å². The first-order valence-corrected chi connectivity index (χ1v) is 11.2. The Labute approximate surface area is 159 Å². The van der Waals surface area contributed by atoms with Crippen LogP contribution >= 0.6 is 0 Å². The molecular weight excluding hydrogens is 370 g/mol. The lowest BCUT2D eigenvalue weighted by Gasteiger charge is -2.38. The predicted octanol–water partition coefficient (Wildman–Crippen LogP) is 0.684. The molecule has 3 saturated heterocycles. The number of hydrogen-bond acceptors (Lipinski definition) is 7. The van der Waals surface area contributed by atoms with E-state index in [2.05, 4.69) is 9.88 Å². The van der Waals surface area contributed by atoms with Crippen molar-refractivity contribution in [3.8, 4) is 0 Å². The lowest BCUT2D eigenvalue weighted by atomic mass is 10.0. The van der Waals surface area contributed by atoms with Gasteiger partial charge in [-0.1, -0.05) is 0 Å². The van der Waals surface area contributed by atoms with Gasteiger partial charge in [0.05, 0.1) is 42.2 Å². The Morgan fingerprint density at radius 2 is 1.96 bits per heavy atom. The van der Waals surface area contributed by atoms with Gasteiger partial charge in [-0.2, -0.15) is 0 Å². The Balaban J connectivity index is 1.44. The number of sulfone groups is 1. The molecule has 4 rings (SSSR count). The summed E-state index contributed by atoms with van der Waals surface area (Å²) in [6.45, 7) is 2.84. The molecule has 3 aliphatic rings. The second kappa shape index (κ2) is 7.03. The minimum absolute atomic E-state index is 0.0383. The van der Waals surface area contributed by atoms with Crippen LogP contribution in [0, 0.1) is 0 Å². The molecule has 0 saturated carbocycles. The normalized spacial score (nSPS) is 26.4. The maximum Gasteiger partial charge on any atom is 0.255 e. The van der Waals surface area contributed by atoms with Crippen molar-refractivity contribution in [1.29, 1.82) is 0 Å². The van der Waals surface area contributed by atoms with Gasteiger partial charge < -0.3 is 19.3 Å². The third-order valence-electron chi connectivity index (χ3n) is 5.75. The molecule has 8 nitrogen and oxygen atoms in total. The van der Waals surface area contributed by atoms with Gasteiger partial charge in [0.2, 0.25) is 0 Å². The van der Waals surface area contributed by atoms with Crippen molar-refractivity contribution in [1.82, 2.24) is 9.88 Å². The van der Waals surface area contributed by atoms with Crippen molar-refractivity contribution in [2.24, 2.45) is 0 Å². The quantitative estimate of drug-likeness (QED) is 0.744. The first-order chi connectivity index (χ1) is 12.9. The second-order valence-corrected chi connectivity index (χ2v) is 9.73. The van der Waals surface area contributed by atoms with Crippen LogP contribution < -0.4 is 4.90 Å². The van der Waals surface area contributed by atoms with E-state index in [0.717, 1.165) is 31.6 Å². The van der Waals surface area contributed by atoms with Crippen LogP contribution in [0.5, 0.6) is 0 Å². The number of hydrogen-bond donors (Lipinski definition) is 0. The number of rotatable bonds is 3. The summed E-state index contributed by atoms with van der Waals surface area (Å²) in [5.41, 5.74) is 1.37. The molecule has 0 aromatic carbocycles. The third kappa shape index (κ3) is 3.81. The first-order valence-electron chi connectivity index (χ1n) is 9.33. The number of anilines is 1. The van der Waals surface area contributed by atoms with Gasteiger partial charge in [-0.05, 0) is 12.5 Å². The Bertz CT molecular complexity index is 812. The van der Waals surface area contributed by atoms with E-state index >= 15 is 0 Å². The van der Waals surface area contributed by atoms with Crippen LogP contribution in [-0.4, -0.2) is 80.9 Å². The fraction of sp³-hybridized carbons (Fsp3) is 0.667. The van der Waals surface area contributed by atoms with Gasteiger partial charge >= 0.3 is 0 Å². The van der Waals surface area contributed by atoms with Crippen LogP contribution in [0.4, 0.5) is 5.69 Å². The average molecular weight is 395 g/mol. The molecule has 1 aromatic rings. The Morgan fingerprint density at radius 3 is 2.59 bits per heavy atom. The third-order valence-corrected chi connectivity index (χ3v) is 7.50. The highest BCUT2D eigenvalue weighted by Gasteiger charge is 2.40. The van der Waals surface area contributed by atoms with E-state index in [-0.39, 0.29) is 23.5 Å². The number of ether oxygens (including phenoxy) is 2. The number of aromatic nitrogens is 1. The summed E-state index contributed by atoms with van der Waals surface area (Å²) in [5, 5.41) is 0. The molecule has 1 amide bonds. The summed E-state index contributed by atoms with van der Waals surface area (Å²) >= 11 is 0. The van der Waals surface area contributed by atoms with Gasteiger partial charge in [0.25, 0.3) is 5.91 Å². The molecule has 27 heavy (non-hydrogen) atoms. The monoisotopic (exact) mass is 395 g/mol. The summed E-state index contributed by atoms with van der Waals surface area (Å²) in [6.07, 6.45) is 5.35. The summed E-state index contributed by atoms with van der Waals surface area (Å²) in [5.74, 6) is -0.447. The summed E-state index contributed by atoms with van der Waals surface area (Å²) < 4.78 is 34.9. The van der Waals surface area contributed by atoms with Gasteiger partial charge in [-0.15, -0.1) is 0 Å². The summed E-state index contributed by atoms with van der Waals surface area (Å²) in [4.78, 5) is 20.8. The number of piperidine rings is 1. The molecule has 9 heteroatoms. The molecule has 1 aromatic heterocycles. The maximum atomic E-state index is 12.8. The van der Waals surface area contributed by atoms with E-state index in [1.165, 1.54) is 4.90 Å². The van der Waals surface area contributed by atoms with Crippen LogP contribution in [0.3, 0.4) is 0 Å². The Hall–Kier alpha value is -1.71. The predicted molar refractivity (Wildman–Crippen MR) is 99.5 cm³/mol. The highest BCUT2D eigenvalue weighted by Crippen LogP contribution is 2.33. The molecule has 4 heterocycles. The highest BCUT2D eigenvalue weighted by molar-refractivity contribution is 7.91. The van der Waals surface area contributed by atoms with Crippen LogP contribution in [0.2, 0.25) is 0 Å². The lowest BCUT2D eigenvalue weighted by Crippen LogP contribution is -2.45. The Kier molecular flexibility index (Phi) is 4.85. The minimum Gasteiger partial charge on any atom is -0.370 e. The molecule has 0 N–H and O–H groups in total. The topological polar surface area (TPSA) is 89.0 Å². The van der Waals surface area contributed by atoms with Gasteiger partial charge in [-0.3, -0.25) is 9.78 Å². The number of amides is 1. The largest absolute Gasteiger partial charge is 0.370 e. The number of carbonyl (C=O) groups excluding carboxylic acids is 1. The molecule has 0 bridgehead atoms. The molecule has 0 aliphatic carbocycles. The smallest absolute Gasteiger partial charge is 0.255 e. The van der Waals surface area contributed by atoms with Crippen molar-refractivity contribution >= 4 is 21.4 Å².